The van der Waals surface area contributed by atoms with Gasteiger partial charge >= 0.3 is 0 Å². The zero-order valence-electron chi connectivity index (χ0n) is 18.3. The standard InChI is InChI=1S/C23H28N4O4S/c1-31-21-5-3-4-18-17(21)12-19(27-18)20(28)11-15(7-9-32-2)23(30)26-16(13-24)10-14-6-8-25-22(14)29/h3-5,12,14-16,27H,6-11H2,1-2H3,(H,25,29)(H,26,30)/t14-,15+,16-/m0/s1. The van der Waals surface area contributed by atoms with Gasteiger partial charge in [-0.25, -0.2) is 0 Å². The summed E-state index contributed by atoms with van der Waals surface area (Å²) in [6, 6.07) is 8.60. The molecule has 0 spiro atoms. The van der Waals surface area contributed by atoms with Gasteiger partial charge in [0, 0.05) is 35.7 Å². The number of aromatic amines is 1. The molecule has 0 aliphatic carbocycles. The number of hydrogen-bond donors (Lipinski definition) is 3. The number of benzene rings is 1. The van der Waals surface area contributed by atoms with E-state index < -0.39 is 12.0 Å². The Bertz CT molecular complexity index is 1030. The third kappa shape index (κ3) is 5.62. The number of carbonyl (C=O) groups is 3. The first-order valence-corrected chi connectivity index (χ1v) is 12.0. The summed E-state index contributed by atoms with van der Waals surface area (Å²) in [5.41, 5.74) is 1.21. The Morgan fingerprint density at radius 3 is 2.88 bits per heavy atom. The van der Waals surface area contributed by atoms with E-state index in [-0.39, 0.29) is 36.4 Å². The van der Waals surface area contributed by atoms with Gasteiger partial charge in [-0.1, -0.05) is 6.07 Å². The molecule has 3 atom stereocenters. The van der Waals surface area contributed by atoms with Gasteiger partial charge in [-0.2, -0.15) is 17.0 Å². The Kier molecular flexibility index (Phi) is 8.17. The average molecular weight is 457 g/mol. The minimum atomic E-state index is -0.763. The molecular formula is C23H28N4O4S. The molecule has 2 amide bonds. The van der Waals surface area contributed by atoms with Crippen molar-refractivity contribution in [2.75, 3.05) is 25.7 Å². The number of H-pyrrole nitrogens is 1. The number of nitrogens with zero attached hydrogens (tertiary/aromatic N) is 1. The first kappa shape index (κ1) is 23.7. The number of Topliss-reactive ketones (excluding diaryl/α,β-unsaturated/α-hetero) is 1. The maximum atomic E-state index is 13.0. The molecular weight excluding hydrogens is 428 g/mol. The minimum absolute atomic E-state index is 0.0313. The molecule has 1 aromatic carbocycles. The van der Waals surface area contributed by atoms with Gasteiger partial charge in [0.05, 0.1) is 18.9 Å². The molecule has 0 bridgehead atoms. The lowest BCUT2D eigenvalue weighted by Crippen LogP contribution is -2.40. The highest BCUT2D eigenvalue weighted by molar-refractivity contribution is 7.98. The monoisotopic (exact) mass is 456 g/mol. The Labute approximate surface area is 191 Å². The number of fused-ring (bicyclic) bond motifs is 1. The summed E-state index contributed by atoms with van der Waals surface area (Å²) < 4.78 is 5.35. The van der Waals surface area contributed by atoms with E-state index in [9.17, 15) is 19.6 Å². The van der Waals surface area contributed by atoms with Crippen LogP contribution in [0.3, 0.4) is 0 Å². The first-order valence-electron chi connectivity index (χ1n) is 10.6. The Balaban J connectivity index is 1.69. The third-order valence-corrected chi connectivity index (χ3v) is 6.42. The molecule has 3 rings (SSSR count). The topological polar surface area (TPSA) is 124 Å². The van der Waals surface area contributed by atoms with Crippen molar-refractivity contribution >= 4 is 40.3 Å². The Morgan fingerprint density at radius 1 is 1.41 bits per heavy atom. The minimum Gasteiger partial charge on any atom is -0.496 e. The average Bonchev–Trinajstić information content (AvgIpc) is 3.41. The first-order chi connectivity index (χ1) is 15.5. The molecule has 1 saturated heterocycles. The van der Waals surface area contributed by atoms with Gasteiger partial charge in [-0.15, -0.1) is 0 Å². The largest absolute Gasteiger partial charge is 0.496 e. The lowest BCUT2D eigenvalue weighted by atomic mass is 9.95. The number of nitriles is 1. The molecule has 2 aromatic rings. The third-order valence-electron chi connectivity index (χ3n) is 5.77. The van der Waals surface area contributed by atoms with E-state index in [1.54, 1.807) is 24.9 Å². The molecule has 1 aliphatic rings. The van der Waals surface area contributed by atoms with E-state index in [2.05, 4.69) is 21.7 Å². The van der Waals surface area contributed by atoms with E-state index >= 15 is 0 Å². The Morgan fingerprint density at radius 2 is 2.22 bits per heavy atom. The van der Waals surface area contributed by atoms with Crippen LogP contribution in [0.5, 0.6) is 5.75 Å². The van der Waals surface area contributed by atoms with Crippen LogP contribution in [0.2, 0.25) is 0 Å². The summed E-state index contributed by atoms with van der Waals surface area (Å²) in [6.07, 6.45) is 3.43. The molecule has 3 N–H and O–H groups in total. The summed E-state index contributed by atoms with van der Waals surface area (Å²) in [6.45, 7) is 0.593. The fraction of sp³-hybridized carbons (Fsp3) is 0.478. The fourth-order valence-corrected chi connectivity index (χ4v) is 4.48. The van der Waals surface area contributed by atoms with Crippen molar-refractivity contribution in [2.24, 2.45) is 11.8 Å². The van der Waals surface area contributed by atoms with Crippen LogP contribution >= 0.6 is 11.8 Å². The van der Waals surface area contributed by atoms with Crippen LogP contribution in [-0.2, 0) is 9.59 Å². The number of nitrogens with one attached hydrogen (secondary N) is 3. The number of thioether (sulfide) groups is 1. The number of amides is 2. The lowest BCUT2D eigenvalue weighted by Gasteiger charge is -2.19. The molecule has 0 saturated carbocycles. The van der Waals surface area contributed by atoms with Crippen molar-refractivity contribution in [3.63, 3.8) is 0 Å². The number of rotatable bonds is 11. The number of methoxy groups -OCH3 is 1. The molecule has 0 radical (unpaired) electrons. The summed E-state index contributed by atoms with van der Waals surface area (Å²) in [4.78, 5) is 40.9. The van der Waals surface area contributed by atoms with E-state index in [1.807, 2.05) is 24.5 Å². The van der Waals surface area contributed by atoms with Crippen LogP contribution < -0.4 is 15.4 Å². The molecule has 8 nitrogen and oxygen atoms in total. The summed E-state index contributed by atoms with van der Waals surface area (Å²) >= 11 is 1.60. The van der Waals surface area contributed by atoms with Gasteiger partial charge in [-0.3, -0.25) is 14.4 Å². The molecule has 0 unspecified atom stereocenters. The van der Waals surface area contributed by atoms with Crippen LogP contribution in [0.4, 0.5) is 0 Å². The maximum absolute atomic E-state index is 13.0. The highest BCUT2D eigenvalue weighted by Crippen LogP contribution is 2.27. The zero-order chi connectivity index (χ0) is 23.1. The van der Waals surface area contributed by atoms with Crippen molar-refractivity contribution in [3.8, 4) is 11.8 Å². The van der Waals surface area contributed by atoms with E-state index in [4.69, 9.17) is 4.74 Å². The van der Waals surface area contributed by atoms with Gasteiger partial charge in [-0.05, 0) is 49.5 Å². The predicted octanol–water partition coefficient (Wildman–Crippen LogP) is 2.65. The molecule has 9 heteroatoms. The van der Waals surface area contributed by atoms with Crippen molar-refractivity contribution in [1.29, 1.82) is 5.26 Å². The van der Waals surface area contributed by atoms with Crippen LogP contribution in [-0.4, -0.2) is 54.3 Å². The second kappa shape index (κ2) is 11.0. The number of aromatic nitrogens is 1. The van der Waals surface area contributed by atoms with Crippen LogP contribution in [0, 0.1) is 23.2 Å². The molecule has 32 heavy (non-hydrogen) atoms. The summed E-state index contributed by atoms with van der Waals surface area (Å²) in [5.74, 6) is -0.0258. The predicted molar refractivity (Wildman–Crippen MR) is 124 cm³/mol. The van der Waals surface area contributed by atoms with Crippen molar-refractivity contribution in [3.05, 3.63) is 30.0 Å². The number of carbonyl (C=O) groups excluding carboxylic acids is 3. The van der Waals surface area contributed by atoms with Gasteiger partial charge in [0.25, 0.3) is 0 Å². The van der Waals surface area contributed by atoms with E-state index in [1.165, 1.54) is 0 Å². The molecule has 1 aromatic heterocycles. The van der Waals surface area contributed by atoms with Crippen LogP contribution in [0.25, 0.3) is 10.9 Å². The Hall–Kier alpha value is -2.99. The van der Waals surface area contributed by atoms with Gasteiger partial charge in [0.2, 0.25) is 11.8 Å². The smallest absolute Gasteiger partial charge is 0.224 e. The second-order valence-electron chi connectivity index (χ2n) is 7.91. The maximum Gasteiger partial charge on any atom is 0.224 e. The number of ketones is 1. The fourth-order valence-electron chi connectivity index (χ4n) is 3.96. The lowest BCUT2D eigenvalue weighted by molar-refractivity contribution is -0.126. The molecule has 170 valence electrons. The zero-order valence-corrected chi connectivity index (χ0v) is 19.1. The van der Waals surface area contributed by atoms with Crippen molar-refractivity contribution < 1.29 is 19.1 Å². The molecule has 2 heterocycles. The van der Waals surface area contributed by atoms with Gasteiger partial charge in [0.15, 0.2) is 5.78 Å². The van der Waals surface area contributed by atoms with Gasteiger partial charge < -0.3 is 20.4 Å². The highest BCUT2D eigenvalue weighted by atomic mass is 32.2. The number of ether oxygens (including phenoxy) is 1. The number of hydrogen-bond acceptors (Lipinski definition) is 6. The van der Waals surface area contributed by atoms with Gasteiger partial charge in [0.1, 0.15) is 11.8 Å². The summed E-state index contributed by atoms with van der Waals surface area (Å²) in [5, 5.41) is 15.8. The van der Waals surface area contributed by atoms with Crippen molar-refractivity contribution in [2.45, 2.75) is 31.7 Å². The van der Waals surface area contributed by atoms with Crippen LogP contribution in [0.1, 0.15) is 36.2 Å². The highest BCUT2D eigenvalue weighted by Gasteiger charge is 2.30. The van der Waals surface area contributed by atoms with Crippen molar-refractivity contribution in [1.82, 2.24) is 15.6 Å². The van der Waals surface area contributed by atoms with Crippen LogP contribution in [0.15, 0.2) is 24.3 Å². The molecule has 1 fully saturated rings. The SMILES string of the molecule is COc1cccc2[nH]c(C(=O)C[C@@H](CCSC)C(=O)N[C@H](C#N)C[C@@H]3CCNC3=O)cc12. The second-order valence-corrected chi connectivity index (χ2v) is 8.90. The normalized spacial score (nSPS) is 17.4. The van der Waals surface area contributed by atoms with E-state index in [0.717, 1.165) is 10.9 Å². The molecule has 1 aliphatic heterocycles. The van der Waals surface area contributed by atoms with E-state index in [0.29, 0.717) is 36.6 Å². The summed E-state index contributed by atoms with van der Waals surface area (Å²) in [7, 11) is 1.58. The quantitative estimate of drug-likeness (QED) is 0.447.